The fraction of sp³-hybridized carbons (Fsp3) is 0.667. The number of carbonyl (C=O) groups excluding carboxylic acids is 1. The maximum Gasteiger partial charge on any atom is 0.240 e. The van der Waals surface area contributed by atoms with E-state index in [1.807, 2.05) is 20.0 Å². The van der Waals surface area contributed by atoms with Crippen LogP contribution >= 0.6 is 0 Å². The molecule has 1 aliphatic rings. The number of nitrogens with one attached hydrogen (secondary N) is 1. The Morgan fingerprint density at radius 1 is 1.58 bits per heavy atom. The lowest BCUT2D eigenvalue weighted by Gasteiger charge is -2.40. The highest BCUT2D eigenvalue weighted by molar-refractivity contribution is 5.82. The van der Waals surface area contributed by atoms with Gasteiger partial charge in [-0.25, -0.2) is 0 Å². The molecule has 1 N–H and O–H groups in total. The van der Waals surface area contributed by atoms with Crippen molar-refractivity contribution in [3.63, 3.8) is 0 Å². The van der Waals surface area contributed by atoms with Crippen LogP contribution in [0.3, 0.4) is 0 Å². The maximum absolute atomic E-state index is 12.6. The summed E-state index contributed by atoms with van der Waals surface area (Å²) < 4.78 is 5.28. The van der Waals surface area contributed by atoms with Crippen LogP contribution in [-0.2, 0) is 11.3 Å². The lowest BCUT2D eigenvalue weighted by atomic mass is 9.77. The Morgan fingerprint density at radius 3 is 2.89 bits per heavy atom. The largest absolute Gasteiger partial charge is 0.469 e. The van der Waals surface area contributed by atoms with Crippen LogP contribution in [-0.4, -0.2) is 30.4 Å². The van der Waals surface area contributed by atoms with Gasteiger partial charge < -0.3 is 14.6 Å². The van der Waals surface area contributed by atoms with Gasteiger partial charge in [0.1, 0.15) is 5.76 Å². The molecule has 2 rings (SSSR count). The zero-order valence-electron chi connectivity index (χ0n) is 12.3. The van der Waals surface area contributed by atoms with Crippen molar-refractivity contribution in [3.8, 4) is 0 Å². The molecule has 2 heterocycles. The van der Waals surface area contributed by atoms with E-state index in [2.05, 4.69) is 19.2 Å². The summed E-state index contributed by atoms with van der Waals surface area (Å²) in [4.78, 5) is 14.4. The zero-order chi connectivity index (χ0) is 14.0. The molecular formula is C15H24N2O2. The number of aryl methyl sites for hydroxylation is 1. The number of hydrogen-bond donors (Lipinski definition) is 1. The van der Waals surface area contributed by atoms with Crippen molar-refractivity contribution in [2.24, 2.45) is 5.41 Å². The number of furan rings is 1. The molecule has 4 heteroatoms. The summed E-state index contributed by atoms with van der Waals surface area (Å²) in [5, 5.41) is 3.37. The normalized spacial score (nSPS) is 22.2. The Balaban J connectivity index is 2.04. The molecule has 0 saturated carbocycles. The van der Waals surface area contributed by atoms with E-state index in [4.69, 9.17) is 4.42 Å². The summed E-state index contributed by atoms with van der Waals surface area (Å²) >= 11 is 0. The standard InChI is InChI=1S/C15H24N2O2/c1-11-12(6-9-19-11)10-17(4)14(18)13-15(2,3)7-5-8-16-13/h6,9,13,16H,5,7-8,10H2,1-4H3. The fourth-order valence-electron chi connectivity index (χ4n) is 2.76. The number of amides is 1. The van der Waals surface area contributed by atoms with E-state index in [9.17, 15) is 4.79 Å². The second-order valence-electron chi connectivity index (χ2n) is 6.18. The summed E-state index contributed by atoms with van der Waals surface area (Å²) in [5.74, 6) is 1.06. The highest BCUT2D eigenvalue weighted by Crippen LogP contribution is 2.31. The van der Waals surface area contributed by atoms with Crippen LogP contribution in [0.2, 0.25) is 0 Å². The quantitative estimate of drug-likeness (QED) is 0.911. The first-order valence-corrected chi connectivity index (χ1v) is 6.93. The molecule has 1 aromatic rings. The van der Waals surface area contributed by atoms with Gasteiger partial charge in [0.2, 0.25) is 5.91 Å². The predicted octanol–water partition coefficient (Wildman–Crippen LogP) is 2.32. The molecule has 106 valence electrons. The number of hydrogen-bond acceptors (Lipinski definition) is 3. The van der Waals surface area contributed by atoms with Gasteiger partial charge in [-0.1, -0.05) is 13.8 Å². The summed E-state index contributed by atoms with van der Waals surface area (Å²) in [5.41, 5.74) is 1.10. The van der Waals surface area contributed by atoms with Gasteiger partial charge in [-0.15, -0.1) is 0 Å². The Labute approximate surface area is 115 Å². The first kappa shape index (κ1) is 14.1. The minimum absolute atomic E-state index is 0.0229. The molecule has 1 fully saturated rings. The number of piperidine rings is 1. The molecule has 0 bridgehead atoms. The van der Waals surface area contributed by atoms with Crippen LogP contribution in [0.15, 0.2) is 16.7 Å². The number of carbonyl (C=O) groups is 1. The minimum Gasteiger partial charge on any atom is -0.469 e. The highest BCUT2D eigenvalue weighted by Gasteiger charge is 2.38. The van der Waals surface area contributed by atoms with E-state index in [1.165, 1.54) is 0 Å². The number of nitrogens with zero attached hydrogens (tertiary/aromatic N) is 1. The van der Waals surface area contributed by atoms with Crippen molar-refractivity contribution in [3.05, 3.63) is 23.7 Å². The minimum atomic E-state index is -0.0848. The Kier molecular flexibility index (Phi) is 3.99. The molecule has 4 nitrogen and oxygen atoms in total. The topological polar surface area (TPSA) is 45.5 Å². The Bertz CT molecular complexity index is 451. The third-order valence-corrected chi connectivity index (χ3v) is 4.12. The van der Waals surface area contributed by atoms with Crippen LogP contribution in [0.25, 0.3) is 0 Å². The molecule has 1 unspecified atom stereocenters. The van der Waals surface area contributed by atoms with E-state index < -0.39 is 0 Å². The Hall–Kier alpha value is -1.29. The van der Waals surface area contributed by atoms with Crippen LogP contribution in [0.4, 0.5) is 0 Å². The summed E-state index contributed by atoms with van der Waals surface area (Å²) in [6.45, 7) is 7.79. The van der Waals surface area contributed by atoms with Crippen molar-refractivity contribution in [1.82, 2.24) is 10.2 Å². The average Bonchev–Trinajstić information content (AvgIpc) is 2.73. The molecule has 0 radical (unpaired) electrons. The van der Waals surface area contributed by atoms with E-state index in [1.54, 1.807) is 11.2 Å². The van der Waals surface area contributed by atoms with Gasteiger partial charge in [-0.3, -0.25) is 4.79 Å². The van der Waals surface area contributed by atoms with Crippen molar-refractivity contribution in [2.75, 3.05) is 13.6 Å². The predicted molar refractivity (Wildman–Crippen MR) is 74.7 cm³/mol. The first-order valence-electron chi connectivity index (χ1n) is 6.93. The highest BCUT2D eigenvalue weighted by atomic mass is 16.3. The van der Waals surface area contributed by atoms with Gasteiger partial charge in [-0.2, -0.15) is 0 Å². The summed E-state index contributed by atoms with van der Waals surface area (Å²) in [7, 11) is 1.86. The zero-order valence-corrected chi connectivity index (χ0v) is 12.3. The molecule has 19 heavy (non-hydrogen) atoms. The van der Waals surface area contributed by atoms with Crippen molar-refractivity contribution in [2.45, 2.75) is 46.2 Å². The fourth-order valence-corrected chi connectivity index (χ4v) is 2.76. The van der Waals surface area contributed by atoms with Gasteiger partial charge in [0.25, 0.3) is 0 Å². The molecule has 1 amide bonds. The molecular weight excluding hydrogens is 240 g/mol. The lowest BCUT2D eigenvalue weighted by molar-refractivity contribution is -0.136. The van der Waals surface area contributed by atoms with Gasteiger partial charge in [0, 0.05) is 19.2 Å². The van der Waals surface area contributed by atoms with Crippen molar-refractivity contribution in [1.29, 1.82) is 0 Å². The molecule has 1 saturated heterocycles. The first-order chi connectivity index (χ1) is 8.92. The van der Waals surface area contributed by atoms with E-state index in [0.29, 0.717) is 6.54 Å². The second-order valence-corrected chi connectivity index (χ2v) is 6.18. The lowest BCUT2D eigenvalue weighted by Crippen LogP contribution is -2.55. The van der Waals surface area contributed by atoms with Crippen LogP contribution in [0.1, 0.15) is 38.0 Å². The van der Waals surface area contributed by atoms with E-state index in [0.717, 1.165) is 30.7 Å². The monoisotopic (exact) mass is 264 g/mol. The smallest absolute Gasteiger partial charge is 0.240 e. The molecule has 0 aliphatic carbocycles. The van der Waals surface area contributed by atoms with Gasteiger partial charge in [-0.05, 0) is 37.8 Å². The van der Waals surface area contributed by atoms with Crippen LogP contribution < -0.4 is 5.32 Å². The van der Waals surface area contributed by atoms with Crippen molar-refractivity contribution < 1.29 is 9.21 Å². The van der Waals surface area contributed by atoms with Gasteiger partial charge in [0.15, 0.2) is 0 Å². The second kappa shape index (κ2) is 5.37. The van der Waals surface area contributed by atoms with Crippen molar-refractivity contribution >= 4 is 5.91 Å². The van der Waals surface area contributed by atoms with Gasteiger partial charge >= 0.3 is 0 Å². The number of rotatable bonds is 3. The van der Waals surface area contributed by atoms with Crippen LogP contribution in [0.5, 0.6) is 0 Å². The Morgan fingerprint density at radius 2 is 2.32 bits per heavy atom. The SMILES string of the molecule is Cc1occc1CN(C)C(=O)C1NCCCC1(C)C. The molecule has 0 aromatic carbocycles. The molecule has 0 spiro atoms. The third kappa shape index (κ3) is 3.00. The van der Waals surface area contributed by atoms with E-state index in [-0.39, 0.29) is 17.4 Å². The maximum atomic E-state index is 12.6. The third-order valence-electron chi connectivity index (χ3n) is 4.12. The van der Waals surface area contributed by atoms with Gasteiger partial charge in [0.05, 0.1) is 12.3 Å². The molecule has 1 atom stereocenters. The summed E-state index contributed by atoms with van der Waals surface area (Å²) in [6.07, 6.45) is 3.90. The molecule has 1 aromatic heterocycles. The summed E-state index contributed by atoms with van der Waals surface area (Å²) in [6, 6.07) is 1.84. The van der Waals surface area contributed by atoms with Crippen LogP contribution in [0, 0.1) is 12.3 Å². The average molecular weight is 264 g/mol. The number of likely N-dealkylation sites (N-methyl/N-ethyl adjacent to an activating group) is 1. The van der Waals surface area contributed by atoms with E-state index >= 15 is 0 Å². The molecule has 1 aliphatic heterocycles.